The first kappa shape index (κ1) is 20.5. The van der Waals surface area contributed by atoms with Gasteiger partial charge in [-0.05, 0) is 30.9 Å². The van der Waals surface area contributed by atoms with Gasteiger partial charge in [0.2, 0.25) is 11.0 Å². The van der Waals surface area contributed by atoms with Crippen LogP contribution >= 0.6 is 11.3 Å². The molecule has 0 spiro atoms. The van der Waals surface area contributed by atoms with Crippen molar-refractivity contribution in [3.8, 4) is 0 Å². The maximum absolute atomic E-state index is 13.2. The Morgan fingerprint density at radius 2 is 1.97 bits per heavy atom. The van der Waals surface area contributed by atoms with Crippen LogP contribution in [0, 0.1) is 5.92 Å². The van der Waals surface area contributed by atoms with Gasteiger partial charge in [0.1, 0.15) is 5.01 Å². The maximum atomic E-state index is 13.2. The van der Waals surface area contributed by atoms with Gasteiger partial charge in [0.25, 0.3) is 5.56 Å². The summed E-state index contributed by atoms with van der Waals surface area (Å²) in [4.78, 5) is 32.3. The highest BCUT2D eigenvalue weighted by atomic mass is 32.1. The van der Waals surface area contributed by atoms with Crippen molar-refractivity contribution in [2.24, 2.45) is 5.92 Å². The Hall–Kier alpha value is -2.81. The van der Waals surface area contributed by atoms with Gasteiger partial charge < -0.3 is 14.8 Å². The molecule has 4 rings (SSSR count). The Labute approximate surface area is 179 Å². The third-order valence-electron chi connectivity index (χ3n) is 5.10. The van der Waals surface area contributed by atoms with Gasteiger partial charge in [-0.3, -0.25) is 9.59 Å². The lowest BCUT2D eigenvalue weighted by Gasteiger charge is -2.18. The fourth-order valence-corrected chi connectivity index (χ4v) is 4.63. The fourth-order valence-electron chi connectivity index (χ4n) is 3.67. The Morgan fingerprint density at radius 3 is 2.73 bits per heavy atom. The standard InChI is InChI=1S/C21H26N6O2S/c1-14(2)13-18-24-25-21(30-18)23-17(28)9-12-27-16-8-4-3-7-15(16)22-19(20(27)29)26-10-5-6-11-26/h3-4,7-8,14H,5-6,9-13H2,1-2H3,(H,23,25,28). The van der Waals surface area contributed by atoms with E-state index in [1.807, 2.05) is 29.2 Å². The van der Waals surface area contributed by atoms with Crippen molar-refractivity contribution in [2.45, 2.75) is 46.1 Å². The number of para-hydroxylation sites is 2. The summed E-state index contributed by atoms with van der Waals surface area (Å²) in [5.74, 6) is 0.782. The van der Waals surface area contributed by atoms with E-state index in [2.05, 4.69) is 34.3 Å². The first-order valence-electron chi connectivity index (χ1n) is 10.4. The molecule has 1 saturated heterocycles. The van der Waals surface area contributed by atoms with Crippen molar-refractivity contribution in [2.75, 3.05) is 23.3 Å². The average molecular weight is 427 g/mol. The Bertz CT molecular complexity index is 1100. The predicted octanol–water partition coefficient (Wildman–Crippen LogP) is 3.08. The molecule has 30 heavy (non-hydrogen) atoms. The number of fused-ring (bicyclic) bond motifs is 1. The zero-order chi connectivity index (χ0) is 21.1. The molecule has 0 saturated carbocycles. The second kappa shape index (κ2) is 8.91. The molecule has 1 aromatic carbocycles. The number of carbonyl (C=O) groups excluding carboxylic acids is 1. The van der Waals surface area contributed by atoms with Gasteiger partial charge in [-0.2, -0.15) is 0 Å². The number of nitrogens with zero attached hydrogens (tertiary/aromatic N) is 5. The van der Waals surface area contributed by atoms with E-state index in [0.29, 0.717) is 16.9 Å². The van der Waals surface area contributed by atoms with Crippen LogP contribution in [0.1, 0.15) is 38.1 Å². The quantitative estimate of drug-likeness (QED) is 0.624. The molecule has 1 fully saturated rings. The zero-order valence-electron chi connectivity index (χ0n) is 17.3. The third-order valence-corrected chi connectivity index (χ3v) is 5.96. The largest absolute Gasteiger partial charge is 0.352 e. The number of benzene rings is 1. The van der Waals surface area contributed by atoms with Crippen molar-refractivity contribution in [1.82, 2.24) is 19.7 Å². The van der Waals surface area contributed by atoms with E-state index in [0.717, 1.165) is 48.4 Å². The summed E-state index contributed by atoms with van der Waals surface area (Å²) in [6.07, 6.45) is 3.14. The molecule has 3 heterocycles. The summed E-state index contributed by atoms with van der Waals surface area (Å²) in [5, 5.41) is 12.4. The van der Waals surface area contributed by atoms with Gasteiger partial charge in [-0.1, -0.05) is 37.3 Å². The minimum absolute atomic E-state index is 0.140. The number of aromatic nitrogens is 4. The molecule has 1 aliphatic heterocycles. The molecule has 158 valence electrons. The summed E-state index contributed by atoms with van der Waals surface area (Å²) < 4.78 is 1.67. The highest BCUT2D eigenvalue weighted by Crippen LogP contribution is 2.20. The topological polar surface area (TPSA) is 93.0 Å². The van der Waals surface area contributed by atoms with Gasteiger partial charge in [0, 0.05) is 32.5 Å². The molecule has 2 aromatic heterocycles. The van der Waals surface area contributed by atoms with Crippen molar-refractivity contribution >= 4 is 39.2 Å². The molecular weight excluding hydrogens is 400 g/mol. The minimum Gasteiger partial charge on any atom is -0.352 e. The molecule has 0 radical (unpaired) electrons. The number of rotatable bonds is 7. The Morgan fingerprint density at radius 1 is 1.20 bits per heavy atom. The van der Waals surface area contributed by atoms with E-state index in [1.165, 1.54) is 11.3 Å². The number of hydrogen-bond acceptors (Lipinski definition) is 7. The molecule has 0 bridgehead atoms. The lowest BCUT2D eigenvalue weighted by atomic mass is 10.1. The minimum atomic E-state index is -0.183. The molecule has 9 heteroatoms. The number of anilines is 2. The summed E-state index contributed by atoms with van der Waals surface area (Å²) in [6.45, 7) is 6.21. The first-order valence-corrected chi connectivity index (χ1v) is 11.2. The average Bonchev–Trinajstić information content (AvgIpc) is 3.39. The van der Waals surface area contributed by atoms with Crippen molar-refractivity contribution in [1.29, 1.82) is 0 Å². The molecule has 1 N–H and O–H groups in total. The third kappa shape index (κ3) is 4.51. The van der Waals surface area contributed by atoms with Crippen LogP contribution < -0.4 is 15.8 Å². The zero-order valence-corrected chi connectivity index (χ0v) is 18.1. The maximum Gasteiger partial charge on any atom is 0.294 e. The van der Waals surface area contributed by atoms with Gasteiger partial charge in [0.15, 0.2) is 5.82 Å². The van der Waals surface area contributed by atoms with Crippen LogP contribution in [0.3, 0.4) is 0 Å². The SMILES string of the molecule is CC(C)Cc1nnc(NC(=O)CCn2c(=O)c(N3CCCC3)nc3ccccc32)s1. The van der Waals surface area contributed by atoms with E-state index in [-0.39, 0.29) is 24.4 Å². The number of amides is 1. The van der Waals surface area contributed by atoms with Gasteiger partial charge in [-0.15, -0.1) is 10.2 Å². The lowest BCUT2D eigenvalue weighted by Crippen LogP contribution is -2.32. The summed E-state index contributed by atoms with van der Waals surface area (Å²) in [6, 6.07) is 7.57. The Balaban J connectivity index is 1.51. The lowest BCUT2D eigenvalue weighted by molar-refractivity contribution is -0.116. The number of hydrogen-bond donors (Lipinski definition) is 1. The van der Waals surface area contributed by atoms with Crippen molar-refractivity contribution < 1.29 is 4.79 Å². The predicted molar refractivity (Wildman–Crippen MR) is 119 cm³/mol. The second-order valence-corrected chi connectivity index (χ2v) is 9.03. The Kier molecular flexibility index (Phi) is 6.08. The van der Waals surface area contributed by atoms with Crippen LogP contribution in [0.4, 0.5) is 10.9 Å². The summed E-state index contributed by atoms with van der Waals surface area (Å²) >= 11 is 1.40. The summed E-state index contributed by atoms with van der Waals surface area (Å²) in [7, 11) is 0. The normalized spacial score (nSPS) is 14.0. The number of nitrogens with one attached hydrogen (secondary N) is 1. The van der Waals surface area contributed by atoms with Crippen molar-refractivity contribution in [3.63, 3.8) is 0 Å². The fraction of sp³-hybridized carbons (Fsp3) is 0.476. The van der Waals surface area contributed by atoms with E-state index in [9.17, 15) is 9.59 Å². The van der Waals surface area contributed by atoms with E-state index in [1.54, 1.807) is 4.57 Å². The molecule has 0 atom stereocenters. The molecule has 8 nitrogen and oxygen atoms in total. The monoisotopic (exact) mass is 426 g/mol. The molecule has 1 aliphatic rings. The molecule has 0 aliphatic carbocycles. The van der Waals surface area contributed by atoms with Crippen LogP contribution in [0.2, 0.25) is 0 Å². The summed E-state index contributed by atoms with van der Waals surface area (Å²) in [5.41, 5.74) is 1.37. The van der Waals surface area contributed by atoms with E-state index in [4.69, 9.17) is 0 Å². The smallest absolute Gasteiger partial charge is 0.294 e. The van der Waals surface area contributed by atoms with Gasteiger partial charge in [0.05, 0.1) is 11.0 Å². The second-order valence-electron chi connectivity index (χ2n) is 7.97. The van der Waals surface area contributed by atoms with Crippen LogP contribution in [-0.4, -0.2) is 38.7 Å². The van der Waals surface area contributed by atoms with E-state index >= 15 is 0 Å². The van der Waals surface area contributed by atoms with Crippen LogP contribution in [0.5, 0.6) is 0 Å². The molecular formula is C21H26N6O2S. The van der Waals surface area contributed by atoms with Crippen LogP contribution in [0.25, 0.3) is 11.0 Å². The number of aryl methyl sites for hydroxylation is 1. The van der Waals surface area contributed by atoms with Gasteiger partial charge >= 0.3 is 0 Å². The highest BCUT2D eigenvalue weighted by molar-refractivity contribution is 7.15. The molecule has 0 unspecified atom stereocenters. The van der Waals surface area contributed by atoms with Gasteiger partial charge in [-0.25, -0.2) is 4.98 Å². The number of carbonyl (C=O) groups is 1. The van der Waals surface area contributed by atoms with Crippen molar-refractivity contribution in [3.05, 3.63) is 39.6 Å². The highest BCUT2D eigenvalue weighted by Gasteiger charge is 2.20. The van der Waals surface area contributed by atoms with Crippen LogP contribution in [0.15, 0.2) is 29.1 Å². The molecule has 3 aromatic rings. The van der Waals surface area contributed by atoms with Crippen LogP contribution in [-0.2, 0) is 17.8 Å². The first-order chi connectivity index (χ1) is 14.5. The van der Waals surface area contributed by atoms with E-state index < -0.39 is 0 Å². The molecule has 1 amide bonds.